The number of benzene rings is 1. The van der Waals surface area contributed by atoms with Gasteiger partial charge in [0.15, 0.2) is 0 Å². The quantitative estimate of drug-likeness (QED) is 0.584. The van der Waals surface area contributed by atoms with E-state index >= 15 is 0 Å². The van der Waals surface area contributed by atoms with Crippen LogP contribution in [0.15, 0.2) is 35.2 Å². The number of hydrogen-bond acceptors (Lipinski definition) is 2. The molecule has 0 atom stereocenters. The first-order valence-corrected chi connectivity index (χ1v) is 6.85. The lowest BCUT2D eigenvalue weighted by Gasteiger charge is -2.26. The molecule has 0 amide bonds. The summed E-state index contributed by atoms with van der Waals surface area (Å²) in [6.45, 7) is 1.19. The summed E-state index contributed by atoms with van der Waals surface area (Å²) in [6.07, 6.45) is 5.49. The molecule has 2 rings (SSSR count). The topological polar surface area (TPSA) is 12.0 Å². The summed E-state index contributed by atoms with van der Waals surface area (Å²) in [5, 5.41) is 3.59. The van der Waals surface area contributed by atoms with Crippen LogP contribution < -0.4 is 5.32 Å². The SMILES string of the molecule is c1ccc(SCCCNC2CCC2)cc1. The number of hydrogen-bond donors (Lipinski definition) is 1. The van der Waals surface area contributed by atoms with Crippen molar-refractivity contribution in [1.82, 2.24) is 5.32 Å². The van der Waals surface area contributed by atoms with Crippen LogP contribution in [0, 0.1) is 0 Å². The van der Waals surface area contributed by atoms with Crippen LogP contribution in [0.1, 0.15) is 25.7 Å². The molecule has 0 aromatic heterocycles. The van der Waals surface area contributed by atoms with Crippen molar-refractivity contribution in [3.05, 3.63) is 30.3 Å². The highest BCUT2D eigenvalue weighted by Gasteiger charge is 2.15. The van der Waals surface area contributed by atoms with Gasteiger partial charge in [-0.25, -0.2) is 0 Å². The van der Waals surface area contributed by atoms with Crippen LogP contribution in [0.4, 0.5) is 0 Å². The van der Waals surface area contributed by atoms with Crippen molar-refractivity contribution in [3.8, 4) is 0 Å². The molecule has 0 heterocycles. The fourth-order valence-corrected chi connectivity index (χ4v) is 2.57. The molecule has 82 valence electrons. The molecule has 1 aliphatic rings. The van der Waals surface area contributed by atoms with E-state index in [2.05, 4.69) is 35.6 Å². The Kier molecular flexibility index (Phi) is 4.55. The zero-order valence-corrected chi connectivity index (χ0v) is 9.93. The van der Waals surface area contributed by atoms with Crippen molar-refractivity contribution < 1.29 is 0 Å². The number of rotatable bonds is 6. The summed E-state index contributed by atoms with van der Waals surface area (Å²) in [5.74, 6) is 1.23. The number of thioether (sulfide) groups is 1. The predicted molar refractivity (Wildman–Crippen MR) is 67.4 cm³/mol. The van der Waals surface area contributed by atoms with E-state index in [-0.39, 0.29) is 0 Å². The van der Waals surface area contributed by atoms with Gasteiger partial charge in [0.05, 0.1) is 0 Å². The molecule has 0 unspecified atom stereocenters. The maximum absolute atomic E-state index is 3.59. The second-order valence-corrected chi connectivity index (χ2v) is 5.27. The van der Waals surface area contributed by atoms with Crippen molar-refractivity contribution in [1.29, 1.82) is 0 Å². The lowest BCUT2D eigenvalue weighted by atomic mass is 9.93. The molecule has 0 aliphatic heterocycles. The van der Waals surface area contributed by atoms with Crippen molar-refractivity contribution in [2.24, 2.45) is 0 Å². The summed E-state index contributed by atoms with van der Waals surface area (Å²) >= 11 is 1.96. The van der Waals surface area contributed by atoms with Crippen LogP contribution in [-0.4, -0.2) is 18.3 Å². The smallest absolute Gasteiger partial charge is 0.00719 e. The average molecular weight is 221 g/mol. The van der Waals surface area contributed by atoms with Gasteiger partial charge < -0.3 is 5.32 Å². The molecule has 0 radical (unpaired) electrons. The maximum Gasteiger partial charge on any atom is 0.00719 e. The molecule has 2 heteroatoms. The molecule has 0 bridgehead atoms. The van der Waals surface area contributed by atoms with Gasteiger partial charge >= 0.3 is 0 Å². The molecule has 1 aromatic rings. The van der Waals surface area contributed by atoms with Gasteiger partial charge in [-0.2, -0.15) is 0 Å². The van der Waals surface area contributed by atoms with E-state index in [1.54, 1.807) is 0 Å². The van der Waals surface area contributed by atoms with Gasteiger partial charge in [0.25, 0.3) is 0 Å². The second kappa shape index (κ2) is 6.19. The summed E-state index contributed by atoms with van der Waals surface area (Å²) in [5.41, 5.74) is 0. The van der Waals surface area contributed by atoms with Crippen molar-refractivity contribution in [2.75, 3.05) is 12.3 Å². The number of nitrogens with one attached hydrogen (secondary N) is 1. The van der Waals surface area contributed by atoms with E-state index < -0.39 is 0 Å². The van der Waals surface area contributed by atoms with E-state index in [1.165, 1.54) is 42.9 Å². The van der Waals surface area contributed by atoms with Crippen LogP contribution in [-0.2, 0) is 0 Å². The summed E-state index contributed by atoms with van der Waals surface area (Å²) in [6, 6.07) is 11.5. The second-order valence-electron chi connectivity index (χ2n) is 4.10. The highest BCUT2D eigenvalue weighted by molar-refractivity contribution is 7.99. The molecule has 1 fully saturated rings. The van der Waals surface area contributed by atoms with Crippen molar-refractivity contribution in [2.45, 2.75) is 36.6 Å². The van der Waals surface area contributed by atoms with E-state index in [0.717, 1.165) is 6.04 Å². The van der Waals surface area contributed by atoms with Crippen molar-refractivity contribution >= 4 is 11.8 Å². The lowest BCUT2D eigenvalue weighted by molar-refractivity contribution is 0.341. The molecule has 1 aliphatic carbocycles. The lowest BCUT2D eigenvalue weighted by Crippen LogP contribution is -2.35. The molecule has 0 spiro atoms. The van der Waals surface area contributed by atoms with Gasteiger partial charge in [0.2, 0.25) is 0 Å². The van der Waals surface area contributed by atoms with Gasteiger partial charge in [0, 0.05) is 10.9 Å². The Morgan fingerprint density at radius 2 is 2.00 bits per heavy atom. The van der Waals surface area contributed by atoms with Crippen LogP contribution in [0.3, 0.4) is 0 Å². The first-order valence-electron chi connectivity index (χ1n) is 5.86. The van der Waals surface area contributed by atoms with Crippen LogP contribution in [0.5, 0.6) is 0 Å². The third kappa shape index (κ3) is 3.88. The zero-order chi connectivity index (χ0) is 10.3. The van der Waals surface area contributed by atoms with E-state index in [1.807, 2.05) is 11.8 Å². The van der Waals surface area contributed by atoms with Crippen molar-refractivity contribution in [3.63, 3.8) is 0 Å². The van der Waals surface area contributed by atoms with E-state index in [4.69, 9.17) is 0 Å². The normalized spacial score (nSPS) is 16.3. The Morgan fingerprint density at radius 1 is 1.20 bits per heavy atom. The Hall–Kier alpha value is -0.470. The molecule has 0 saturated heterocycles. The van der Waals surface area contributed by atoms with E-state index in [0.29, 0.717) is 0 Å². The predicted octanol–water partition coefficient (Wildman–Crippen LogP) is 3.31. The first kappa shape index (κ1) is 11.0. The monoisotopic (exact) mass is 221 g/mol. The largest absolute Gasteiger partial charge is 0.314 e. The molecule has 1 saturated carbocycles. The maximum atomic E-state index is 3.59. The minimum absolute atomic E-state index is 0.840. The molecule has 1 N–H and O–H groups in total. The zero-order valence-electron chi connectivity index (χ0n) is 9.11. The third-order valence-corrected chi connectivity index (χ3v) is 3.97. The molecule has 15 heavy (non-hydrogen) atoms. The standard InChI is InChI=1S/C13H19NS/c1-2-8-13(9-3-1)15-11-5-10-14-12-6-4-7-12/h1-3,8-9,12,14H,4-7,10-11H2. The highest BCUT2D eigenvalue weighted by atomic mass is 32.2. The molecule has 1 nitrogen and oxygen atoms in total. The molecular weight excluding hydrogens is 202 g/mol. The van der Waals surface area contributed by atoms with Crippen LogP contribution in [0.2, 0.25) is 0 Å². The van der Waals surface area contributed by atoms with Crippen LogP contribution in [0.25, 0.3) is 0 Å². The first-order chi connectivity index (χ1) is 7.45. The van der Waals surface area contributed by atoms with Crippen LogP contribution >= 0.6 is 11.8 Å². The fourth-order valence-electron chi connectivity index (χ4n) is 1.70. The Morgan fingerprint density at radius 3 is 2.67 bits per heavy atom. The fraction of sp³-hybridized carbons (Fsp3) is 0.538. The minimum atomic E-state index is 0.840. The molecular formula is C13H19NS. The average Bonchev–Trinajstić information content (AvgIpc) is 2.22. The summed E-state index contributed by atoms with van der Waals surface area (Å²) in [7, 11) is 0. The highest BCUT2D eigenvalue weighted by Crippen LogP contribution is 2.19. The Labute approximate surface area is 96.7 Å². The summed E-state index contributed by atoms with van der Waals surface area (Å²) in [4.78, 5) is 1.39. The van der Waals surface area contributed by atoms with E-state index in [9.17, 15) is 0 Å². The molecule has 1 aromatic carbocycles. The Balaban J connectivity index is 1.51. The Bertz CT molecular complexity index is 269. The van der Waals surface area contributed by atoms with Gasteiger partial charge in [0.1, 0.15) is 0 Å². The van der Waals surface area contributed by atoms with Gasteiger partial charge in [-0.3, -0.25) is 0 Å². The van der Waals surface area contributed by atoms with Gasteiger partial charge in [-0.05, 0) is 43.7 Å². The minimum Gasteiger partial charge on any atom is -0.314 e. The van der Waals surface area contributed by atoms with Gasteiger partial charge in [-0.1, -0.05) is 24.6 Å². The van der Waals surface area contributed by atoms with Gasteiger partial charge in [-0.15, -0.1) is 11.8 Å². The third-order valence-electron chi connectivity index (χ3n) is 2.87. The summed E-state index contributed by atoms with van der Waals surface area (Å²) < 4.78 is 0.